The van der Waals surface area contributed by atoms with Crippen LogP contribution in [0.5, 0.6) is 0 Å². The van der Waals surface area contributed by atoms with Gasteiger partial charge >= 0.3 is 0 Å². The van der Waals surface area contributed by atoms with Crippen molar-refractivity contribution in [3.63, 3.8) is 0 Å². The van der Waals surface area contributed by atoms with Gasteiger partial charge in [0.2, 0.25) is 5.91 Å². The number of hydrogen-bond acceptors (Lipinski definition) is 1. The molecule has 1 aromatic rings. The van der Waals surface area contributed by atoms with E-state index in [2.05, 4.69) is 35.3 Å². The van der Waals surface area contributed by atoms with Gasteiger partial charge in [-0.3, -0.25) is 4.79 Å². The maximum atomic E-state index is 12.6. The van der Waals surface area contributed by atoms with Crippen molar-refractivity contribution in [3.8, 4) is 0 Å². The van der Waals surface area contributed by atoms with Crippen LogP contribution in [-0.2, 0) is 24.1 Å². The minimum atomic E-state index is 0.322. The lowest BCUT2D eigenvalue weighted by atomic mass is 9.86. The number of nitrogens with zero attached hydrogens (tertiary/aromatic N) is 1. The molecule has 4 rings (SSSR count). The average Bonchev–Trinajstić information content (AvgIpc) is 3.13. The third-order valence-corrected chi connectivity index (χ3v) is 5.49. The molecule has 0 spiro atoms. The lowest BCUT2D eigenvalue weighted by Crippen LogP contribution is -2.30. The quantitative estimate of drug-likeness (QED) is 0.763. The number of carbonyl (C=O) groups excluding carboxylic acids is 1. The molecule has 0 saturated carbocycles. The van der Waals surface area contributed by atoms with Gasteiger partial charge in [0.05, 0.1) is 6.42 Å². The van der Waals surface area contributed by atoms with Crippen LogP contribution in [0.25, 0.3) is 0 Å². The summed E-state index contributed by atoms with van der Waals surface area (Å²) in [4.78, 5) is 14.7. The Bertz CT molecular complexity index is 573. The third-order valence-electron chi connectivity index (χ3n) is 5.49. The second kappa shape index (κ2) is 5.32. The Hall–Kier alpha value is -1.57. The smallest absolute Gasteiger partial charge is 0.227 e. The maximum Gasteiger partial charge on any atom is 0.227 e. The average molecular weight is 281 g/mol. The van der Waals surface area contributed by atoms with E-state index in [0.717, 1.165) is 25.9 Å². The van der Waals surface area contributed by atoms with Gasteiger partial charge < -0.3 is 4.90 Å². The standard InChI is InChI=1S/C19H23NO/c21-19(20-12-17-4-1-2-5-18(17)13-20)11-14-8-9-15-6-3-7-16(15)10-14/h1-2,8-10,17-18H,3-7,11-13H2/t17-,18-/m1/s1. The van der Waals surface area contributed by atoms with Gasteiger partial charge in [0, 0.05) is 13.1 Å². The first-order valence-electron chi connectivity index (χ1n) is 8.33. The predicted molar refractivity (Wildman–Crippen MR) is 84.1 cm³/mol. The number of benzene rings is 1. The topological polar surface area (TPSA) is 20.3 Å². The van der Waals surface area contributed by atoms with Crippen molar-refractivity contribution in [1.29, 1.82) is 0 Å². The highest BCUT2D eigenvalue weighted by Gasteiger charge is 2.34. The van der Waals surface area contributed by atoms with Crippen LogP contribution in [-0.4, -0.2) is 23.9 Å². The van der Waals surface area contributed by atoms with Gasteiger partial charge in [0.15, 0.2) is 0 Å². The van der Waals surface area contributed by atoms with Crippen molar-refractivity contribution in [2.24, 2.45) is 11.8 Å². The summed E-state index contributed by atoms with van der Waals surface area (Å²) in [5.74, 6) is 1.74. The maximum absolute atomic E-state index is 12.6. The van der Waals surface area contributed by atoms with E-state index in [0.29, 0.717) is 24.2 Å². The zero-order valence-electron chi connectivity index (χ0n) is 12.6. The lowest BCUT2D eigenvalue weighted by Gasteiger charge is -2.17. The molecule has 2 aliphatic carbocycles. The van der Waals surface area contributed by atoms with E-state index < -0.39 is 0 Å². The summed E-state index contributed by atoms with van der Waals surface area (Å²) in [6.07, 6.45) is 11.2. The molecule has 0 N–H and O–H groups in total. The number of rotatable bonds is 2. The van der Waals surface area contributed by atoms with Crippen molar-refractivity contribution >= 4 is 5.91 Å². The molecular formula is C19H23NO. The number of fused-ring (bicyclic) bond motifs is 2. The summed E-state index contributed by atoms with van der Waals surface area (Å²) >= 11 is 0. The summed E-state index contributed by atoms with van der Waals surface area (Å²) in [6, 6.07) is 6.66. The van der Waals surface area contributed by atoms with Crippen LogP contribution >= 0.6 is 0 Å². The molecule has 1 amide bonds. The Morgan fingerprint density at radius 2 is 1.76 bits per heavy atom. The highest BCUT2D eigenvalue weighted by Crippen LogP contribution is 2.33. The molecular weight excluding hydrogens is 258 g/mol. The lowest BCUT2D eigenvalue weighted by molar-refractivity contribution is -0.129. The zero-order chi connectivity index (χ0) is 14.2. The first-order valence-corrected chi connectivity index (χ1v) is 8.33. The molecule has 1 fully saturated rings. The highest BCUT2D eigenvalue weighted by atomic mass is 16.2. The molecule has 110 valence electrons. The molecule has 3 aliphatic rings. The molecule has 1 saturated heterocycles. The monoisotopic (exact) mass is 281 g/mol. The Kier molecular flexibility index (Phi) is 3.33. The van der Waals surface area contributed by atoms with Crippen LogP contribution in [0.1, 0.15) is 36.0 Å². The van der Waals surface area contributed by atoms with Crippen LogP contribution in [0.3, 0.4) is 0 Å². The van der Waals surface area contributed by atoms with Crippen molar-refractivity contribution < 1.29 is 4.79 Å². The summed E-state index contributed by atoms with van der Waals surface area (Å²) < 4.78 is 0. The Morgan fingerprint density at radius 1 is 1.05 bits per heavy atom. The number of amides is 1. The van der Waals surface area contributed by atoms with Gasteiger partial charge in [-0.25, -0.2) is 0 Å². The zero-order valence-corrected chi connectivity index (χ0v) is 12.6. The summed E-state index contributed by atoms with van der Waals surface area (Å²) in [6.45, 7) is 1.94. The predicted octanol–water partition coefficient (Wildman–Crippen LogP) is 3.14. The van der Waals surface area contributed by atoms with Crippen molar-refractivity contribution in [1.82, 2.24) is 4.90 Å². The molecule has 0 bridgehead atoms. The van der Waals surface area contributed by atoms with Crippen LogP contribution in [0, 0.1) is 11.8 Å². The van der Waals surface area contributed by atoms with E-state index in [1.165, 1.54) is 36.0 Å². The van der Waals surface area contributed by atoms with Crippen LogP contribution in [0.4, 0.5) is 0 Å². The summed E-state index contributed by atoms with van der Waals surface area (Å²) in [7, 11) is 0. The van der Waals surface area contributed by atoms with Crippen LogP contribution in [0.2, 0.25) is 0 Å². The van der Waals surface area contributed by atoms with E-state index in [-0.39, 0.29) is 0 Å². The number of carbonyl (C=O) groups is 1. The Labute approximate surface area is 126 Å². The van der Waals surface area contributed by atoms with Crippen LogP contribution < -0.4 is 0 Å². The van der Waals surface area contributed by atoms with E-state index >= 15 is 0 Å². The fourth-order valence-electron chi connectivity index (χ4n) is 4.24. The Balaban J connectivity index is 1.42. The van der Waals surface area contributed by atoms with E-state index in [1.54, 1.807) is 0 Å². The highest BCUT2D eigenvalue weighted by molar-refractivity contribution is 5.79. The van der Waals surface area contributed by atoms with Gasteiger partial charge in [0.1, 0.15) is 0 Å². The van der Waals surface area contributed by atoms with Crippen molar-refractivity contribution in [3.05, 3.63) is 47.0 Å². The summed E-state index contributed by atoms with van der Waals surface area (Å²) in [5, 5.41) is 0. The summed E-state index contributed by atoms with van der Waals surface area (Å²) in [5.41, 5.74) is 4.16. The first kappa shape index (κ1) is 13.1. The minimum absolute atomic E-state index is 0.322. The van der Waals surface area contributed by atoms with Gasteiger partial charge in [-0.05, 0) is 60.6 Å². The fraction of sp³-hybridized carbons (Fsp3) is 0.526. The fourth-order valence-corrected chi connectivity index (χ4v) is 4.24. The largest absolute Gasteiger partial charge is 0.342 e. The van der Waals surface area contributed by atoms with E-state index in [4.69, 9.17) is 0 Å². The molecule has 1 aromatic carbocycles. The molecule has 2 atom stereocenters. The SMILES string of the molecule is O=C(Cc1ccc2c(c1)CCC2)N1C[C@H]2CC=CC[C@@H]2C1. The molecule has 1 heterocycles. The minimum Gasteiger partial charge on any atom is -0.342 e. The second-order valence-electron chi connectivity index (χ2n) is 6.90. The van der Waals surface area contributed by atoms with Crippen molar-refractivity contribution in [2.45, 2.75) is 38.5 Å². The normalized spacial score (nSPS) is 26.8. The van der Waals surface area contributed by atoms with Gasteiger partial charge in [-0.2, -0.15) is 0 Å². The number of aryl methyl sites for hydroxylation is 2. The molecule has 0 radical (unpaired) electrons. The number of hydrogen-bond donors (Lipinski definition) is 0. The molecule has 2 nitrogen and oxygen atoms in total. The molecule has 0 aromatic heterocycles. The molecule has 1 aliphatic heterocycles. The van der Waals surface area contributed by atoms with E-state index in [9.17, 15) is 4.79 Å². The third kappa shape index (κ3) is 2.52. The molecule has 21 heavy (non-hydrogen) atoms. The van der Waals surface area contributed by atoms with E-state index in [1.807, 2.05) is 0 Å². The van der Waals surface area contributed by atoms with Crippen LogP contribution in [0.15, 0.2) is 30.4 Å². The molecule has 2 heteroatoms. The van der Waals surface area contributed by atoms with Gasteiger partial charge in [0.25, 0.3) is 0 Å². The first-order chi connectivity index (χ1) is 10.3. The second-order valence-corrected chi connectivity index (χ2v) is 6.90. The Morgan fingerprint density at radius 3 is 2.52 bits per heavy atom. The van der Waals surface area contributed by atoms with Crippen molar-refractivity contribution in [2.75, 3.05) is 13.1 Å². The van der Waals surface area contributed by atoms with Gasteiger partial charge in [-0.1, -0.05) is 30.4 Å². The number of allylic oxidation sites excluding steroid dienone is 2. The number of likely N-dealkylation sites (tertiary alicyclic amines) is 1. The molecule has 0 unspecified atom stereocenters. The van der Waals surface area contributed by atoms with Gasteiger partial charge in [-0.15, -0.1) is 0 Å².